The van der Waals surface area contributed by atoms with E-state index in [0.29, 0.717) is 37.8 Å². The van der Waals surface area contributed by atoms with Crippen molar-refractivity contribution >= 4 is 5.91 Å². The minimum atomic E-state index is -0.420. The number of piperidine rings is 2. The molecule has 0 aliphatic carbocycles. The lowest BCUT2D eigenvalue weighted by molar-refractivity contribution is -0.154. The number of aliphatic hydroxyl groups is 1. The first kappa shape index (κ1) is 16.4. The van der Waals surface area contributed by atoms with Crippen molar-refractivity contribution in [1.82, 2.24) is 19.9 Å². The van der Waals surface area contributed by atoms with Crippen LogP contribution in [0.4, 0.5) is 0 Å². The summed E-state index contributed by atoms with van der Waals surface area (Å²) in [6.07, 6.45) is 1.66. The molecule has 2 saturated heterocycles. The molecule has 0 radical (unpaired) electrons. The summed E-state index contributed by atoms with van der Waals surface area (Å²) in [7, 11) is 3.36. The van der Waals surface area contributed by atoms with Crippen LogP contribution in [0.1, 0.15) is 31.0 Å². The molecule has 2 aliphatic rings. The summed E-state index contributed by atoms with van der Waals surface area (Å²) in [5, 5.41) is 13.9. The molecule has 2 fully saturated rings. The SMILES string of the molecule is COCc1noc(CN2CCC3(CC2)CC(O)CN(C)C3=O)n1. The van der Waals surface area contributed by atoms with Gasteiger partial charge in [0.2, 0.25) is 11.8 Å². The lowest BCUT2D eigenvalue weighted by atomic mass is 9.71. The Kier molecular flexibility index (Phi) is 4.65. The normalized spacial score (nSPS) is 25.3. The van der Waals surface area contributed by atoms with Gasteiger partial charge in [-0.2, -0.15) is 4.98 Å². The number of methoxy groups -OCH3 is 1. The number of ether oxygens (including phenoxy) is 1. The Morgan fingerprint density at radius 1 is 1.43 bits per heavy atom. The molecule has 8 heteroatoms. The number of carbonyl (C=O) groups is 1. The number of nitrogens with zero attached hydrogens (tertiary/aromatic N) is 4. The first-order valence-corrected chi connectivity index (χ1v) is 7.99. The van der Waals surface area contributed by atoms with Gasteiger partial charge in [0.1, 0.15) is 6.61 Å². The molecule has 8 nitrogen and oxygen atoms in total. The van der Waals surface area contributed by atoms with E-state index in [1.807, 2.05) is 0 Å². The molecular formula is C15H24N4O4. The lowest BCUT2D eigenvalue weighted by Crippen LogP contribution is -2.56. The largest absolute Gasteiger partial charge is 0.391 e. The van der Waals surface area contributed by atoms with Crippen LogP contribution in [0.15, 0.2) is 4.52 Å². The van der Waals surface area contributed by atoms with Gasteiger partial charge in [0.15, 0.2) is 5.82 Å². The number of β-amino-alcohol motifs (C(OH)–C–C–N with tert-alkyl or cyclic N) is 1. The van der Waals surface area contributed by atoms with Crippen molar-refractivity contribution < 1.29 is 19.2 Å². The zero-order valence-electron chi connectivity index (χ0n) is 13.7. The molecule has 2 aliphatic heterocycles. The molecule has 23 heavy (non-hydrogen) atoms. The van der Waals surface area contributed by atoms with E-state index in [2.05, 4.69) is 15.0 Å². The monoisotopic (exact) mass is 324 g/mol. The first-order chi connectivity index (χ1) is 11.0. The fourth-order valence-electron chi connectivity index (χ4n) is 3.70. The van der Waals surface area contributed by atoms with Crippen molar-refractivity contribution in [1.29, 1.82) is 0 Å². The van der Waals surface area contributed by atoms with Gasteiger partial charge in [0.25, 0.3) is 0 Å². The predicted octanol–water partition coefficient (Wildman–Crippen LogP) is 0.0212. The molecule has 1 N–H and O–H groups in total. The smallest absolute Gasteiger partial charge is 0.240 e. The van der Waals surface area contributed by atoms with E-state index >= 15 is 0 Å². The highest BCUT2D eigenvalue weighted by molar-refractivity contribution is 5.83. The van der Waals surface area contributed by atoms with E-state index in [1.165, 1.54) is 0 Å². The van der Waals surface area contributed by atoms with Gasteiger partial charge < -0.3 is 19.3 Å². The number of carbonyl (C=O) groups excluding carboxylic acids is 1. The standard InChI is InChI=1S/C15H24N4O4/c1-18-8-11(20)7-15(14(18)21)3-5-19(6-4-15)9-13-16-12(10-22-2)17-23-13/h11,20H,3-10H2,1-2H3. The maximum atomic E-state index is 12.5. The van der Waals surface area contributed by atoms with Gasteiger partial charge in [0.05, 0.1) is 18.1 Å². The molecule has 128 valence electrons. The van der Waals surface area contributed by atoms with Crippen molar-refractivity contribution in [3.8, 4) is 0 Å². The third-order valence-electron chi connectivity index (χ3n) is 4.87. The summed E-state index contributed by atoms with van der Waals surface area (Å²) in [6.45, 7) is 2.93. The quantitative estimate of drug-likeness (QED) is 0.835. The van der Waals surface area contributed by atoms with Crippen LogP contribution in [0.3, 0.4) is 0 Å². The molecular weight excluding hydrogens is 300 g/mol. The topological polar surface area (TPSA) is 91.9 Å². The average Bonchev–Trinajstić information content (AvgIpc) is 2.95. The molecule has 1 aromatic rings. The Morgan fingerprint density at radius 3 is 2.87 bits per heavy atom. The number of aromatic nitrogens is 2. The second-order valence-corrected chi connectivity index (χ2v) is 6.64. The molecule has 1 atom stereocenters. The molecule has 0 aromatic carbocycles. The van der Waals surface area contributed by atoms with Gasteiger partial charge in [-0.05, 0) is 32.4 Å². The summed E-state index contributed by atoms with van der Waals surface area (Å²) < 4.78 is 10.2. The summed E-state index contributed by atoms with van der Waals surface area (Å²) >= 11 is 0. The van der Waals surface area contributed by atoms with E-state index in [4.69, 9.17) is 9.26 Å². The van der Waals surface area contributed by atoms with Crippen molar-refractivity contribution in [2.24, 2.45) is 5.41 Å². The van der Waals surface area contributed by atoms with Gasteiger partial charge in [-0.15, -0.1) is 0 Å². The van der Waals surface area contributed by atoms with Crippen LogP contribution in [-0.2, 0) is 22.7 Å². The Labute approximate surface area is 135 Å². The molecule has 3 heterocycles. The van der Waals surface area contributed by atoms with E-state index < -0.39 is 11.5 Å². The highest BCUT2D eigenvalue weighted by Crippen LogP contribution is 2.40. The number of rotatable bonds is 4. The van der Waals surface area contributed by atoms with Gasteiger partial charge in [0, 0.05) is 20.7 Å². The molecule has 0 saturated carbocycles. The van der Waals surface area contributed by atoms with Crippen molar-refractivity contribution in [3.63, 3.8) is 0 Å². The Bertz CT molecular complexity index is 553. The number of hydrogen-bond acceptors (Lipinski definition) is 7. The highest BCUT2D eigenvalue weighted by atomic mass is 16.5. The minimum absolute atomic E-state index is 0.169. The molecule has 1 amide bonds. The van der Waals surface area contributed by atoms with Crippen LogP contribution >= 0.6 is 0 Å². The number of hydrogen-bond donors (Lipinski definition) is 1. The van der Waals surface area contributed by atoms with Crippen molar-refractivity contribution in [2.75, 3.05) is 33.8 Å². The Hall–Kier alpha value is -1.51. The van der Waals surface area contributed by atoms with Gasteiger partial charge in [-0.25, -0.2) is 0 Å². The number of likely N-dealkylation sites (N-methyl/N-ethyl adjacent to an activating group) is 1. The number of likely N-dealkylation sites (tertiary alicyclic amines) is 2. The number of aliphatic hydroxyl groups excluding tert-OH is 1. The Balaban J connectivity index is 1.58. The van der Waals surface area contributed by atoms with E-state index in [0.717, 1.165) is 25.9 Å². The van der Waals surface area contributed by atoms with Crippen LogP contribution in [0.25, 0.3) is 0 Å². The predicted molar refractivity (Wildman–Crippen MR) is 80.2 cm³/mol. The molecule has 1 aromatic heterocycles. The Morgan fingerprint density at radius 2 is 2.17 bits per heavy atom. The highest BCUT2D eigenvalue weighted by Gasteiger charge is 2.47. The van der Waals surface area contributed by atoms with E-state index in [1.54, 1.807) is 19.1 Å². The summed E-state index contributed by atoms with van der Waals surface area (Å²) in [5.74, 6) is 1.28. The second-order valence-electron chi connectivity index (χ2n) is 6.64. The zero-order valence-corrected chi connectivity index (χ0v) is 13.7. The average molecular weight is 324 g/mol. The number of amides is 1. The van der Waals surface area contributed by atoms with Crippen LogP contribution in [0.5, 0.6) is 0 Å². The van der Waals surface area contributed by atoms with Crippen LogP contribution in [0, 0.1) is 5.41 Å². The van der Waals surface area contributed by atoms with Crippen molar-refractivity contribution in [2.45, 2.75) is 38.5 Å². The van der Waals surface area contributed by atoms with Crippen LogP contribution in [0.2, 0.25) is 0 Å². The molecule has 3 rings (SSSR count). The van der Waals surface area contributed by atoms with Crippen LogP contribution in [-0.4, -0.2) is 70.8 Å². The third-order valence-corrected chi connectivity index (χ3v) is 4.87. The van der Waals surface area contributed by atoms with Crippen LogP contribution < -0.4 is 0 Å². The maximum absolute atomic E-state index is 12.5. The van der Waals surface area contributed by atoms with E-state index in [9.17, 15) is 9.90 Å². The third kappa shape index (κ3) is 3.39. The van der Waals surface area contributed by atoms with Gasteiger partial charge in [-0.1, -0.05) is 5.16 Å². The maximum Gasteiger partial charge on any atom is 0.240 e. The van der Waals surface area contributed by atoms with Gasteiger partial charge in [-0.3, -0.25) is 9.69 Å². The summed E-state index contributed by atoms with van der Waals surface area (Å²) in [6, 6.07) is 0. The summed E-state index contributed by atoms with van der Waals surface area (Å²) in [4.78, 5) is 20.7. The minimum Gasteiger partial charge on any atom is -0.391 e. The van der Waals surface area contributed by atoms with E-state index in [-0.39, 0.29) is 5.91 Å². The second kappa shape index (κ2) is 6.54. The molecule has 1 spiro atoms. The first-order valence-electron chi connectivity index (χ1n) is 7.99. The summed E-state index contributed by atoms with van der Waals surface area (Å²) in [5.41, 5.74) is -0.404. The van der Waals surface area contributed by atoms with Gasteiger partial charge >= 0.3 is 0 Å². The fraction of sp³-hybridized carbons (Fsp3) is 0.800. The lowest BCUT2D eigenvalue weighted by Gasteiger charge is -2.46. The fourth-order valence-corrected chi connectivity index (χ4v) is 3.70. The molecule has 0 bridgehead atoms. The molecule has 1 unspecified atom stereocenters. The zero-order chi connectivity index (χ0) is 16.4. The van der Waals surface area contributed by atoms with Crippen molar-refractivity contribution in [3.05, 3.63) is 11.7 Å².